The normalized spacial score (nSPS) is 10.8. The first kappa shape index (κ1) is 17.4. The predicted octanol–water partition coefficient (Wildman–Crippen LogP) is 3.70. The van der Waals surface area contributed by atoms with Crippen LogP contribution in [0.4, 0.5) is 0 Å². The van der Waals surface area contributed by atoms with Gasteiger partial charge in [0.15, 0.2) is 0 Å². The van der Waals surface area contributed by atoms with E-state index in [2.05, 4.69) is 34.3 Å². The molecule has 0 atom stereocenters. The van der Waals surface area contributed by atoms with Gasteiger partial charge in [-0.25, -0.2) is 9.97 Å². The molecule has 0 aliphatic carbocycles. The molecule has 0 fully saturated rings. The van der Waals surface area contributed by atoms with Crippen molar-refractivity contribution in [1.82, 2.24) is 15.3 Å². The molecule has 1 amide bonds. The van der Waals surface area contributed by atoms with Crippen molar-refractivity contribution in [3.63, 3.8) is 0 Å². The number of para-hydroxylation sites is 1. The van der Waals surface area contributed by atoms with Crippen LogP contribution in [0.2, 0.25) is 0 Å². The molecule has 4 nitrogen and oxygen atoms in total. The number of amides is 1. The minimum absolute atomic E-state index is 0.0268. The maximum atomic E-state index is 12.1. The number of nitrogens with zero attached hydrogens (tertiary/aromatic N) is 2. The van der Waals surface area contributed by atoms with Crippen LogP contribution in [-0.4, -0.2) is 28.2 Å². The second-order valence-corrected chi connectivity index (χ2v) is 6.87. The smallest absolute Gasteiger partial charge is 0.230 e. The van der Waals surface area contributed by atoms with E-state index >= 15 is 0 Å². The van der Waals surface area contributed by atoms with E-state index in [-0.39, 0.29) is 5.91 Å². The molecule has 2 aromatic carbocycles. The first-order valence-electron chi connectivity index (χ1n) is 8.31. The van der Waals surface area contributed by atoms with Gasteiger partial charge in [-0.1, -0.05) is 54.2 Å². The molecular weight excluding hydrogens is 330 g/mol. The van der Waals surface area contributed by atoms with Gasteiger partial charge in [0.25, 0.3) is 0 Å². The summed E-state index contributed by atoms with van der Waals surface area (Å²) in [5.41, 5.74) is 3.44. The van der Waals surface area contributed by atoms with Gasteiger partial charge in [-0.05, 0) is 37.5 Å². The Balaban J connectivity index is 1.55. The van der Waals surface area contributed by atoms with Crippen molar-refractivity contribution in [2.24, 2.45) is 0 Å². The lowest BCUT2D eigenvalue weighted by molar-refractivity contribution is -0.118. The molecule has 1 aromatic heterocycles. The van der Waals surface area contributed by atoms with E-state index in [4.69, 9.17) is 0 Å². The number of hydrogen-bond acceptors (Lipinski definition) is 4. The third kappa shape index (κ3) is 4.57. The standard InChI is InChI=1S/C20H21N3OS/c1-14-7-3-4-8-16(14)11-12-21-19(24)13-25-20-17-9-5-6-10-18(17)22-15(2)23-20/h3-10H,11-13H2,1-2H3,(H,21,24). The molecule has 0 aliphatic heterocycles. The minimum Gasteiger partial charge on any atom is -0.355 e. The number of carbonyl (C=O) groups excluding carboxylic acids is 1. The Bertz CT molecular complexity index is 895. The molecule has 3 aromatic rings. The van der Waals surface area contributed by atoms with Crippen LogP contribution in [0, 0.1) is 13.8 Å². The van der Waals surface area contributed by atoms with Crippen molar-refractivity contribution in [2.75, 3.05) is 12.3 Å². The topological polar surface area (TPSA) is 54.9 Å². The number of hydrogen-bond donors (Lipinski definition) is 1. The van der Waals surface area contributed by atoms with Crippen molar-refractivity contribution in [3.05, 3.63) is 65.5 Å². The average molecular weight is 351 g/mol. The van der Waals surface area contributed by atoms with Gasteiger partial charge >= 0.3 is 0 Å². The van der Waals surface area contributed by atoms with Crippen LogP contribution in [0.3, 0.4) is 0 Å². The fourth-order valence-electron chi connectivity index (χ4n) is 2.68. The van der Waals surface area contributed by atoms with E-state index in [1.54, 1.807) is 0 Å². The predicted molar refractivity (Wildman–Crippen MR) is 103 cm³/mol. The van der Waals surface area contributed by atoms with Crippen LogP contribution in [-0.2, 0) is 11.2 Å². The summed E-state index contributed by atoms with van der Waals surface area (Å²) in [6.07, 6.45) is 0.846. The van der Waals surface area contributed by atoms with Crippen molar-refractivity contribution < 1.29 is 4.79 Å². The Labute approximate surface area is 152 Å². The molecule has 0 bridgehead atoms. The van der Waals surface area contributed by atoms with Gasteiger partial charge < -0.3 is 5.32 Å². The Hall–Kier alpha value is -2.40. The van der Waals surface area contributed by atoms with Crippen LogP contribution in [0.5, 0.6) is 0 Å². The molecule has 3 rings (SSSR count). The maximum Gasteiger partial charge on any atom is 0.230 e. The van der Waals surface area contributed by atoms with Crippen molar-refractivity contribution in [2.45, 2.75) is 25.3 Å². The number of fused-ring (bicyclic) bond motifs is 1. The van der Waals surface area contributed by atoms with E-state index in [1.807, 2.05) is 43.3 Å². The SMILES string of the molecule is Cc1nc(SCC(=O)NCCc2ccccc2C)c2ccccc2n1. The van der Waals surface area contributed by atoms with E-state index in [1.165, 1.54) is 22.9 Å². The van der Waals surface area contributed by atoms with Gasteiger partial charge in [-0.3, -0.25) is 4.79 Å². The zero-order valence-corrected chi connectivity index (χ0v) is 15.3. The largest absolute Gasteiger partial charge is 0.355 e. The van der Waals surface area contributed by atoms with E-state index < -0.39 is 0 Å². The lowest BCUT2D eigenvalue weighted by Gasteiger charge is -2.08. The maximum absolute atomic E-state index is 12.1. The molecule has 1 heterocycles. The minimum atomic E-state index is 0.0268. The highest BCUT2D eigenvalue weighted by molar-refractivity contribution is 8.00. The third-order valence-electron chi connectivity index (χ3n) is 4.00. The van der Waals surface area contributed by atoms with E-state index in [0.29, 0.717) is 12.3 Å². The Morgan fingerprint density at radius 3 is 2.64 bits per heavy atom. The van der Waals surface area contributed by atoms with Crippen molar-refractivity contribution in [1.29, 1.82) is 0 Å². The summed E-state index contributed by atoms with van der Waals surface area (Å²) in [6, 6.07) is 16.1. The number of rotatable bonds is 6. The van der Waals surface area contributed by atoms with Crippen LogP contribution in [0.25, 0.3) is 10.9 Å². The molecule has 128 valence electrons. The first-order valence-corrected chi connectivity index (χ1v) is 9.29. The Kier molecular flexibility index (Phi) is 5.66. The summed E-state index contributed by atoms with van der Waals surface area (Å²) in [7, 11) is 0. The highest BCUT2D eigenvalue weighted by Gasteiger charge is 2.09. The molecule has 0 saturated carbocycles. The lowest BCUT2D eigenvalue weighted by Crippen LogP contribution is -2.27. The fourth-order valence-corrected chi connectivity index (χ4v) is 3.58. The Morgan fingerprint density at radius 2 is 1.80 bits per heavy atom. The van der Waals surface area contributed by atoms with Crippen LogP contribution >= 0.6 is 11.8 Å². The number of thioether (sulfide) groups is 1. The molecule has 0 unspecified atom stereocenters. The monoisotopic (exact) mass is 351 g/mol. The molecule has 25 heavy (non-hydrogen) atoms. The van der Waals surface area contributed by atoms with Gasteiger partial charge in [-0.15, -0.1) is 0 Å². The molecule has 5 heteroatoms. The van der Waals surface area contributed by atoms with E-state index in [9.17, 15) is 4.79 Å². The molecule has 0 aliphatic rings. The number of nitrogens with one attached hydrogen (secondary N) is 1. The summed E-state index contributed by atoms with van der Waals surface area (Å²) in [6.45, 7) is 4.61. The third-order valence-corrected chi connectivity index (χ3v) is 4.99. The van der Waals surface area contributed by atoms with Gasteiger partial charge in [0.05, 0.1) is 11.3 Å². The summed E-state index contributed by atoms with van der Waals surface area (Å²) in [5, 5.41) is 4.84. The highest BCUT2D eigenvalue weighted by atomic mass is 32.2. The fraction of sp³-hybridized carbons (Fsp3) is 0.250. The van der Waals surface area contributed by atoms with Crippen LogP contribution in [0.1, 0.15) is 17.0 Å². The van der Waals surface area contributed by atoms with E-state index in [0.717, 1.165) is 28.2 Å². The van der Waals surface area contributed by atoms with Gasteiger partial charge in [0, 0.05) is 11.9 Å². The van der Waals surface area contributed by atoms with Crippen LogP contribution in [0.15, 0.2) is 53.6 Å². The summed E-state index contributed by atoms with van der Waals surface area (Å²) in [4.78, 5) is 21.1. The second kappa shape index (κ2) is 8.12. The highest BCUT2D eigenvalue weighted by Crippen LogP contribution is 2.24. The summed E-state index contributed by atoms with van der Waals surface area (Å²) < 4.78 is 0. The summed E-state index contributed by atoms with van der Waals surface area (Å²) in [5.74, 6) is 1.11. The number of aryl methyl sites for hydroxylation is 2. The zero-order chi connectivity index (χ0) is 17.6. The first-order chi connectivity index (χ1) is 12.1. The molecule has 0 spiro atoms. The van der Waals surface area contributed by atoms with Gasteiger partial charge in [0.2, 0.25) is 5.91 Å². The molecule has 0 saturated heterocycles. The van der Waals surface area contributed by atoms with Gasteiger partial charge in [-0.2, -0.15) is 0 Å². The number of aromatic nitrogens is 2. The quantitative estimate of drug-likeness (QED) is 0.543. The van der Waals surface area contributed by atoms with Crippen molar-refractivity contribution in [3.8, 4) is 0 Å². The number of benzene rings is 2. The second-order valence-electron chi connectivity index (χ2n) is 5.91. The lowest BCUT2D eigenvalue weighted by atomic mass is 10.1. The molecule has 1 N–H and O–H groups in total. The van der Waals surface area contributed by atoms with Gasteiger partial charge in [0.1, 0.15) is 10.9 Å². The number of carbonyl (C=O) groups is 1. The summed E-state index contributed by atoms with van der Waals surface area (Å²) >= 11 is 1.46. The van der Waals surface area contributed by atoms with Crippen LogP contribution < -0.4 is 5.32 Å². The Morgan fingerprint density at radius 1 is 1.04 bits per heavy atom. The average Bonchev–Trinajstić information content (AvgIpc) is 2.61. The zero-order valence-electron chi connectivity index (χ0n) is 14.5. The van der Waals surface area contributed by atoms with Crippen molar-refractivity contribution >= 4 is 28.6 Å². The molecule has 0 radical (unpaired) electrons. The molecular formula is C20H21N3OS.